The summed E-state index contributed by atoms with van der Waals surface area (Å²) in [5, 5.41) is 12.1. The van der Waals surface area contributed by atoms with Crippen molar-refractivity contribution in [2.75, 3.05) is 4.90 Å². The van der Waals surface area contributed by atoms with Gasteiger partial charge in [0.25, 0.3) is 0 Å². The molecule has 0 spiro atoms. The highest BCUT2D eigenvalue weighted by molar-refractivity contribution is 6.22. The van der Waals surface area contributed by atoms with Crippen molar-refractivity contribution in [3.63, 3.8) is 0 Å². The van der Waals surface area contributed by atoms with Crippen LogP contribution < -0.4 is 4.90 Å². The van der Waals surface area contributed by atoms with Crippen LogP contribution in [-0.2, 0) is 0 Å². The minimum atomic E-state index is 0.869. The Kier molecular flexibility index (Phi) is 7.89. The number of hydrogen-bond donors (Lipinski definition) is 0. The first-order chi connectivity index (χ1) is 29.8. The molecule has 0 aliphatic carbocycles. The van der Waals surface area contributed by atoms with E-state index >= 15 is 0 Å². The van der Waals surface area contributed by atoms with Crippen molar-refractivity contribution in [3.05, 3.63) is 224 Å². The van der Waals surface area contributed by atoms with Gasteiger partial charge >= 0.3 is 0 Å². The second-order valence-corrected chi connectivity index (χ2v) is 15.6. The maximum Gasteiger partial charge on any atom is 0.137 e. The van der Waals surface area contributed by atoms with Gasteiger partial charge in [-0.25, -0.2) is 0 Å². The largest absolute Gasteiger partial charge is 0.456 e. The monoisotopic (exact) mass is 763 g/mol. The van der Waals surface area contributed by atoms with Crippen LogP contribution in [0.2, 0.25) is 0 Å². The molecule has 0 atom stereocenters. The van der Waals surface area contributed by atoms with E-state index in [-0.39, 0.29) is 0 Å². The fourth-order valence-corrected chi connectivity index (χ4v) is 9.48. The lowest BCUT2D eigenvalue weighted by molar-refractivity contribution is 0.669. The van der Waals surface area contributed by atoms with Crippen molar-refractivity contribution in [2.24, 2.45) is 0 Å². The Morgan fingerprint density at radius 3 is 1.58 bits per heavy atom. The third-order valence-corrected chi connectivity index (χ3v) is 12.2. The predicted octanol–water partition coefficient (Wildman–Crippen LogP) is 16.7. The molecule has 12 aromatic rings. The van der Waals surface area contributed by atoms with Crippen LogP contribution in [0, 0.1) is 0 Å². The van der Waals surface area contributed by atoms with Crippen LogP contribution >= 0.6 is 0 Å². The summed E-state index contributed by atoms with van der Waals surface area (Å²) in [5.74, 6) is 0. The number of furan rings is 1. The highest BCUT2D eigenvalue weighted by Gasteiger charge is 2.20. The summed E-state index contributed by atoms with van der Waals surface area (Å²) in [5.41, 5.74) is 12.2. The second kappa shape index (κ2) is 13.9. The lowest BCUT2D eigenvalue weighted by Crippen LogP contribution is -2.10. The smallest absolute Gasteiger partial charge is 0.137 e. The van der Waals surface area contributed by atoms with Gasteiger partial charge in [-0.15, -0.1) is 0 Å². The van der Waals surface area contributed by atoms with E-state index in [2.05, 4.69) is 217 Å². The lowest BCUT2D eigenvalue weighted by Gasteiger charge is -2.27. The van der Waals surface area contributed by atoms with Crippen molar-refractivity contribution in [1.29, 1.82) is 0 Å². The maximum absolute atomic E-state index is 6.45. The van der Waals surface area contributed by atoms with Gasteiger partial charge in [0.15, 0.2) is 0 Å². The summed E-state index contributed by atoms with van der Waals surface area (Å²) >= 11 is 0. The molecular formula is C58H37NO. The van der Waals surface area contributed by atoms with Crippen molar-refractivity contribution in [2.45, 2.75) is 0 Å². The molecule has 2 nitrogen and oxygen atoms in total. The van der Waals surface area contributed by atoms with Gasteiger partial charge in [-0.1, -0.05) is 176 Å². The first kappa shape index (κ1) is 34.1. The van der Waals surface area contributed by atoms with Crippen LogP contribution in [0.15, 0.2) is 229 Å². The van der Waals surface area contributed by atoms with Crippen molar-refractivity contribution >= 4 is 82.1 Å². The Bertz CT molecular complexity index is 3590. The SMILES string of the molecule is c1ccc(-c2c(-c3ccccc3)c3cc(-c4ccc(N(c5ccc6c(c5)oc5ccccc56)c5cccc6c5ccc5ccccc56)cc4)ccc3c3ccccc23)cc1. The number of fused-ring (bicyclic) bond motifs is 9. The van der Waals surface area contributed by atoms with E-state index in [4.69, 9.17) is 4.42 Å². The predicted molar refractivity (Wildman–Crippen MR) is 255 cm³/mol. The summed E-state index contributed by atoms with van der Waals surface area (Å²) in [4.78, 5) is 2.37. The fraction of sp³-hybridized carbons (Fsp3) is 0. The summed E-state index contributed by atoms with van der Waals surface area (Å²) in [7, 11) is 0. The van der Waals surface area contributed by atoms with E-state index in [1.165, 1.54) is 70.9 Å². The molecule has 0 aliphatic heterocycles. The molecule has 0 saturated carbocycles. The first-order valence-electron chi connectivity index (χ1n) is 20.6. The van der Waals surface area contributed by atoms with Crippen LogP contribution in [0.1, 0.15) is 0 Å². The fourth-order valence-electron chi connectivity index (χ4n) is 9.48. The Morgan fingerprint density at radius 2 is 0.800 bits per heavy atom. The van der Waals surface area contributed by atoms with Crippen molar-refractivity contribution < 1.29 is 4.42 Å². The van der Waals surface area contributed by atoms with E-state index in [1.54, 1.807) is 0 Å². The molecule has 0 radical (unpaired) electrons. The summed E-state index contributed by atoms with van der Waals surface area (Å²) in [6.45, 7) is 0. The first-order valence-corrected chi connectivity index (χ1v) is 20.6. The highest BCUT2D eigenvalue weighted by atomic mass is 16.3. The average molecular weight is 764 g/mol. The van der Waals surface area contributed by atoms with Crippen molar-refractivity contribution in [1.82, 2.24) is 0 Å². The quantitative estimate of drug-likeness (QED) is 0.157. The van der Waals surface area contributed by atoms with Gasteiger partial charge in [-0.05, 0) is 114 Å². The Labute approximate surface area is 347 Å². The Balaban J connectivity index is 1.04. The number of benzene rings is 11. The molecule has 60 heavy (non-hydrogen) atoms. The van der Waals surface area contributed by atoms with Crippen LogP contribution in [0.5, 0.6) is 0 Å². The van der Waals surface area contributed by atoms with Crippen LogP contribution in [0.3, 0.4) is 0 Å². The number of anilines is 3. The molecule has 280 valence electrons. The molecule has 1 aromatic heterocycles. The molecule has 0 fully saturated rings. The molecule has 11 aromatic carbocycles. The van der Waals surface area contributed by atoms with Gasteiger partial charge in [0.1, 0.15) is 11.2 Å². The highest BCUT2D eigenvalue weighted by Crippen LogP contribution is 2.47. The lowest BCUT2D eigenvalue weighted by atomic mass is 9.84. The van der Waals surface area contributed by atoms with Crippen LogP contribution in [0.25, 0.3) is 98.4 Å². The molecule has 0 unspecified atom stereocenters. The third kappa shape index (κ3) is 5.50. The Morgan fingerprint density at radius 1 is 0.267 bits per heavy atom. The van der Waals surface area contributed by atoms with Gasteiger partial charge in [-0.2, -0.15) is 0 Å². The zero-order chi connectivity index (χ0) is 39.6. The van der Waals surface area contributed by atoms with Gasteiger partial charge in [0, 0.05) is 33.6 Å². The maximum atomic E-state index is 6.45. The van der Waals surface area contributed by atoms with Gasteiger partial charge in [-0.3, -0.25) is 0 Å². The third-order valence-electron chi connectivity index (χ3n) is 12.2. The molecule has 1 heterocycles. The molecule has 0 N–H and O–H groups in total. The van der Waals surface area contributed by atoms with Crippen LogP contribution in [0.4, 0.5) is 17.1 Å². The van der Waals surface area contributed by atoms with E-state index in [9.17, 15) is 0 Å². The second-order valence-electron chi connectivity index (χ2n) is 15.6. The molecule has 12 rings (SSSR count). The van der Waals surface area contributed by atoms with Gasteiger partial charge in [0.2, 0.25) is 0 Å². The number of para-hydroxylation sites is 1. The molecule has 2 heteroatoms. The van der Waals surface area contributed by atoms with E-state index in [0.29, 0.717) is 0 Å². The molecule has 0 saturated heterocycles. The van der Waals surface area contributed by atoms with Gasteiger partial charge < -0.3 is 9.32 Å². The number of rotatable bonds is 6. The minimum Gasteiger partial charge on any atom is -0.456 e. The number of nitrogens with zero attached hydrogens (tertiary/aromatic N) is 1. The van der Waals surface area contributed by atoms with E-state index in [0.717, 1.165) is 44.6 Å². The minimum absolute atomic E-state index is 0.869. The summed E-state index contributed by atoms with van der Waals surface area (Å²) < 4.78 is 6.45. The summed E-state index contributed by atoms with van der Waals surface area (Å²) in [6.07, 6.45) is 0. The molecular weight excluding hydrogens is 727 g/mol. The van der Waals surface area contributed by atoms with Crippen molar-refractivity contribution in [3.8, 4) is 33.4 Å². The standard InChI is InChI=1S/C58H37NO/c1-3-15-40(16-4-1)57-52-22-10-9-20-47(52)48-33-29-42(36-53(48)58(57)41-17-5-2-6-18-41)38-26-30-43(31-27-38)59(44-32-35-51-50-21-11-12-25-55(50)60-56(51)37-44)54-24-13-23-46-45-19-8-7-14-39(45)28-34-49(46)54/h1-37H. The average Bonchev–Trinajstić information content (AvgIpc) is 3.70. The zero-order valence-electron chi connectivity index (χ0n) is 32.7. The normalized spacial score (nSPS) is 11.7. The van der Waals surface area contributed by atoms with Gasteiger partial charge in [0.05, 0.1) is 5.69 Å². The molecule has 0 bridgehead atoms. The molecule has 0 amide bonds. The van der Waals surface area contributed by atoms with E-state index < -0.39 is 0 Å². The summed E-state index contributed by atoms with van der Waals surface area (Å²) in [6, 6.07) is 81.3. The topological polar surface area (TPSA) is 16.4 Å². The zero-order valence-corrected chi connectivity index (χ0v) is 32.7. The van der Waals surface area contributed by atoms with Crippen LogP contribution in [-0.4, -0.2) is 0 Å². The Hall–Kier alpha value is -7.94. The number of hydrogen-bond acceptors (Lipinski definition) is 2. The molecule has 0 aliphatic rings. The van der Waals surface area contributed by atoms with E-state index in [1.807, 2.05) is 12.1 Å².